The molecule has 1 aliphatic heterocycles. The second-order valence-corrected chi connectivity index (χ2v) is 7.34. The number of aryl methyl sites for hydroxylation is 2. The number of hydrogen-bond donors (Lipinski definition) is 1. The SMILES string of the molecule is Cc1ccc(NC(=O)CN2CCC(c3nnc(-c4ccco4)o3)CC2)c(C)c1. The summed E-state index contributed by atoms with van der Waals surface area (Å²) in [5, 5.41) is 11.3. The van der Waals surface area contributed by atoms with Crippen LogP contribution in [0.15, 0.2) is 45.4 Å². The van der Waals surface area contributed by atoms with E-state index < -0.39 is 0 Å². The maximum absolute atomic E-state index is 12.4. The van der Waals surface area contributed by atoms with E-state index in [0.717, 1.165) is 37.2 Å². The third-order valence-corrected chi connectivity index (χ3v) is 5.13. The zero-order valence-corrected chi connectivity index (χ0v) is 16.1. The lowest BCUT2D eigenvalue weighted by atomic mass is 9.97. The van der Waals surface area contributed by atoms with Crippen LogP contribution in [0, 0.1) is 13.8 Å². The van der Waals surface area contributed by atoms with Gasteiger partial charge in [0.05, 0.1) is 12.8 Å². The van der Waals surface area contributed by atoms with Crippen LogP contribution in [0.4, 0.5) is 5.69 Å². The normalized spacial score (nSPS) is 15.6. The van der Waals surface area contributed by atoms with Gasteiger partial charge in [0.15, 0.2) is 5.76 Å². The summed E-state index contributed by atoms with van der Waals surface area (Å²) in [6.45, 7) is 6.09. The van der Waals surface area contributed by atoms with E-state index in [0.29, 0.717) is 24.1 Å². The standard InChI is InChI=1S/C21H24N4O3/c1-14-5-6-17(15(2)12-14)22-19(26)13-25-9-7-16(8-10-25)20-23-24-21(28-20)18-4-3-11-27-18/h3-6,11-12,16H,7-10,13H2,1-2H3,(H,22,26). The number of carbonyl (C=O) groups is 1. The number of rotatable bonds is 5. The summed E-state index contributed by atoms with van der Waals surface area (Å²) >= 11 is 0. The first-order valence-corrected chi connectivity index (χ1v) is 9.55. The smallest absolute Gasteiger partial charge is 0.283 e. The van der Waals surface area contributed by atoms with Crippen molar-refractivity contribution < 1.29 is 13.6 Å². The molecule has 28 heavy (non-hydrogen) atoms. The summed E-state index contributed by atoms with van der Waals surface area (Å²) in [5.41, 5.74) is 3.14. The van der Waals surface area contributed by atoms with E-state index in [1.807, 2.05) is 26.0 Å². The van der Waals surface area contributed by atoms with Crippen LogP contribution >= 0.6 is 0 Å². The molecule has 0 atom stereocenters. The first-order chi connectivity index (χ1) is 13.6. The predicted octanol–water partition coefficient (Wildman–Crippen LogP) is 3.76. The number of piperidine rings is 1. The minimum absolute atomic E-state index is 0.0169. The molecule has 7 heteroatoms. The largest absolute Gasteiger partial charge is 0.459 e. The maximum Gasteiger partial charge on any atom is 0.283 e. The van der Waals surface area contributed by atoms with Gasteiger partial charge >= 0.3 is 0 Å². The highest BCUT2D eigenvalue weighted by molar-refractivity contribution is 5.93. The lowest BCUT2D eigenvalue weighted by Gasteiger charge is -2.29. The van der Waals surface area contributed by atoms with Crippen LogP contribution in [0.1, 0.15) is 35.8 Å². The Kier molecular flexibility index (Phi) is 5.25. The molecule has 4 rings (SSSR count). The summed E-state index contributed by atoms with van der Waals surface area (Å²) in [7, 11) is 0. The van der Waals surface area contributed by atoms with Crippen molar-refractivity contribution in [3.8, 4) is 11.7 Å². The minimum atomic E-state index is 0.0169. The van der Waals surface area contributed by atoms with Gasteiger partial charge in [0.2, 0.25) is 11.8 Å². The van der Waals surface area contributed by atoms with E-state index in [-0.39, 0.29) is 11.8 Å². The summed E-state index contributed by atoms with van der Waals surface area (Å²) in [6.07, 6.45) is 3.36. The monoisotopic (exact) mass is 380 g/mol. The van der Waals surface area contributed by atoms with Crippen LogP contribution in [-0.4, -0.2) is 40.6 Å². The van der Waals surface area contributed by atoms with Crippen LogP contribution in [-0.2, 0) is 4.79 Å². The second-order valence-electron chi connectivity index (χ2n) is 7.34. The summed E-state index contributed by atoms with van der Waals surface area (Å²) in [4.78, 5) is 14.6. The van der Waals surface area contributed by atoms with Crippen molar-refractivity contribution in [3.63, 3.8) is 0 Å². The molecule has 1 N–H and O–H groups in total. The number of aromatic nitrogens is 2. The van der Waals surface area contributed by atoms with E-state index in [1.54, 1.807) is 18.4 Å². The van der Waals surface area contributed by atoms with Gasteiger partial charge in [0, 0.05) is 11.6 Å². The Balaban J connectivity index is 1.29. The van der Waals surface area contributed by atoms with E-state index >= 15 is 0 Å². The first kappa shape index (κ1) is 18.4. The minimum Gasteiger partial charge on any atom is -0.459 e. The molecule has 0 unspecified atom stereocenters. The molecule has 146 valence electrons. The van der Waals surface area contributed by atoms with Crippen molar-refractivity contribution in [2.24, 2.45) is 0 Å². The van der Waals surface area contributed by atoms with Crippen molar-refractivity contribution in [1.82, 2.24) is 15.1 Å². The third-order valence-electron chi connectivity index (χ3n) is 5.13. The van der Waals surface area contributed by atoms with Gasteiger partial charge in [-0.1, -0.05) is 17.7 Å². The number of likely N-dealkylation sites (tertiary alicyclic amines) is 1. The fourth-order valence-electron chi connectivity index (χ4n) is 3.58. The van der Waals surface area contributed by atoms with Gasteiger partial charge in [-0.15, -0.1) is 10.2 Å². The number of benzene rings is 1. The first-order valence-electron chi connectivity index (χ1n) is 9.55. The van der Waals surface area contributed by atoms with Crippen molar-refractivity contribution in [1.29, 1.82) is 0 Å². The molecule has 0 saturated carbocycles. The molecule has 3 heterocycles. The van der Waals surface area contributed by atoms with Gasteiger partial charge in [0.1, 0.15) is 0 Å². The van der Waals surface area contributed by atoms with E-state index in [4.69, 9.17) is 8.83 Å². The molecule has 1 amide bonds. The van der Waals surface area contributed by atoms with Gasteiger partial charge in [-0.2, -0.15) is 0 Å². The van der Waals surface area contributed by atoms with Crippen molar-refractivity contribution in [2.75, 3.05) is 25.0 Å². The fraction of sp³-hybridized carbons (Fsp3) is 0.381. The number of nitrogens with one attached hydrogen (secondary N) is 1. The van der Waals surface area contributed by atoms with Crippen molar-refractivity contribution >= 4 is 11.6 Å². The highest BCUT2D eigenvalue weighted by Crippen LogP contribution is 2.29. The molecule has 1 aromatic carbocycles. The Morgan fingerprint density at radius 3 is 2.75 bits per heavy atom. The zero-order chi connectivity index (χ0) is 19.5. The number of amides is 1. The molecule has 1 fully saturated rings. The third kappa shape index (κ3) is 4.14. The zero-order valence-electron chi connectivity index (χ0n) is 16.1. The number of hydrogen-bond acceptors (Lipinski definition) is 6. The summed E-state index contributed by atoms with van der Waals surface area (Å²) in [6, 6.07) is 9.63. The van der Waals surface area contributed by atoms with Gasteiger partial charge in [0.25, 0.3) is 5.89 Å². The highest BCUT2D eigenvalue weighted by Gasteiger charge is 2.26. The number of carbonyl (C=O) groups excluding carboxylic acids is 1. The molecule has 0 spiro atoms. The number of furan rings is 1. The predicted molar refractivity (Wildman–Crippen MR) is 105 cm³/mol. The Morgan fingerprint density at radius 1 is 1.21 bits per heavy atom. The van der Waals surface area contributed by atoms with Crippen LogP contribution in [0.5, 0.6) is 0 Å². The average molecular weight is 380 g/mol. The van der Waals surface area contributed by atoms with Crippen LogP contribution in [0.3, 0.4) is 0 Å². The average Bonchev–Trinajstić information content (AvgIpc) is 3.36. The molecule has 1 saturated heterocycles. The summed E-state index contributed by atoms with van der Waals surface area (Å²) in [5.74, 6) is 1.87. The van der Waals surface area contributed by atoms with Gasteiger partial charge < -0.3 is 14.2 Å². The lowest BCUT2D eigenvalue weighted by molar-refractivity contribution is -0.117. The van der Waals surface area contributed by atoms with E-state index in [1.165, 1.54) is 5.56 Å². The van der Waals surface area contributed by atoms with Crippen molar-refractivity contribution in [2.45, 2.75) is 32.6 Å². The Hall–Kier alpha value is -2.93. The highest BCUT2D eigenvalue weighted by atomic mass is 16.4. The maximum atomic E-state index is 12.4. The molecular weight excluding hydrogens is 356 g/mol. The second kappa shape index (κ2) is 7.98. The molecule has 0 radical (unpaired) electrons. The molecule has 7 nitrogen and oxygen atoms in total. The summed E-state index contributed by atoms with van der Waals surface area (Å²) < 4.78 is 11.1. The molecule has 0 aliphatic carbocycles. The van der Waals surface area contributed by atoms with E-state index in [2.05, 4.69) is 26.5 Å². The van der Waals surface area contributed by atoms with Gasteiger partial charge in [-0.25, -0.2) is 0 Å². The lowest BCUT2D eigenvalue weighted by Crippen LogP contribution is -2.38. The van der Waals surface area contributed by atoms with Crippen LogP contribution < -0.4 is 5.32 Å². The van der Waals surface area contributed by atoms with Gasteiger partial charge in [-0.05, 0) is 63.5 Å². The molecular formula is C21H24N4O3. The van der Waals surface area contributed by atoms with Crippen LogP contribution in [0.25, 0.3) is 11.7 Å². The van der Waals surface area contributed by atoms with Gasteiger partial charge in [-0.3, -0.25) is 9.69 Å². The number of nitrogens with zero attached hydrogens (tertiary/aromatic N) is 3. The van der Waals surface area contributed by atoms with E-state index in [9.17, 15) is 4.79 Å². The fourth-order valence-corrected chi connectivity index (χ4v) is 3.58. The molecule has 0 bridgehead atoms. The number of anilines is 1. The van der Waals surface area contributed by atoms with Crippen LogP contribution in [0.2, 0.25) is 0 Å². The van der Waals surface area contributed by atoms with Crippen molar-refractivity contribution in [3.05, 3.63) is 53.6 Å². The molecule has 3 aromatic rings. The Morgan fingerprint density at radius 2 is 2.04 bits per heavy atom. The Labute approximate surface area is 163 Å². The molecule has 1 aliphatic rings. The quantitative estimate of drug-likeness (QED) is 0.725. The Bertz CT molecular complexity index is 940. The molecule has 2 aromatic heterocycles. The topological polar surface area (TPSA) is 84.4 Å².